The summed E-state index contributed by atoms with van der Waals surface area (Å²) in [6, 6.07) is 37.2. The number of pyridine rings is 5. The van der Waals surface area contributed by atoms with Crippen LogP contribution in [0.2, 0.25) is 5.02 Å². The van der Waals surface area contributed by atoms with Gasteiger partial charge < -0.3 is 63.6 Å². The molecule has 0 fully saturated rings. The average molecular weight is 1890 g/mol. The maximum atomic E-state index is 12.7. The average Bonchev–Trinajstić information content (AvgIpc) is 1.61. The number of anilines is 1. The monoisotopic (exact) mass is 1890 g/mol. The number of nitrogens with zero attached hydrogens (tertiary/aromatic N) is 5. The second-order valence-corrected chi connectivity index (χ2v) is 39.3. The number of halogens is 1. The van der Waals surface area contributed by atoms with Gasteiger partial charge in [0.25, 0.3) is 11.8 Å². The van der Waals surface area contributed by atoms with E-state index in [4.69, 9.17) is 35.2 Å². The summed E-state index contributed by atoms with van der Waals surface area (Å²) >= 11 is 14.5. The van der Waals surface area contributed by atoms with Crippen LogP contribution in [-0.2, 0) is 58.3 Å². The minimum absolute atomic E-state index is 0.0110. The van der Waals surface area contributed by atoms with E-state index in [-0.39, 0.29) is 73.5 Å². The van der Waals surface area contributed by atoms with Gasteiger partial charge in [0.05, 0.1) is 89.7 Å². The SMILES string of the molecule is CC[C@H](C)NC(=O)c1sc2ccc3nc(C)ccc3c2c1OS(C)(=O)=O.COC(=O)CS.COC(=O)c1c(Cl)ccc2nc(C)ccc12.COC(=O)c1sc2ccc3nc(C)ccc3c2c1O.C[C@H](N)CNC(=O)OC(C)(C)C.Cc1ccc2c(ccc3sc(C(=O)OS(C)(=O)=O)c(OS(C)(=O)=O)c32)n1.Cc1ccc2c(ccc3sc4c(c32)NC[C@H](C)NC4=O)n1. The van der Waals surface area contributed by atoms with Crippen molar-refractivity contribution in [1.82, 2.24) is 40.9 Å². The highest BCUT2D eigenvalue weighted by atomic mass is 35.5. The quantitative estimate of drug-likeness (QED) is 0.0230. The number of benzene rings is 5. The molecule has 0 saturated carbocycles. The number of ether oxygens (including phenoxy) is 4. The van der Waals surface area contributed by atoms with Crippen molar-refractivity contribution in [2.24, 2.45) is 5.73 Å². The Morgan fingerprint density at radius 3 is 1.38 bits per heavy atom. The molecule has 31 nitrogen and oxygen atoms in total. The second kappa shape index (κ2) is 41.9. The summed E-state index contributed by atoms with van der Waals surface area (Å²) in [5, 5.41) is 29.2. The van der Waals surface area contributed by atoms with Crippen molar-refractivity contribution in [3.05, 3.63) is 180 Å². The highest BCUT2D eigenvalue weighted by Gasteiger charge is 2.31. The van der Waals surface area contributed by atoms with Gasteiger partial charge >= 0.3 is 60.3 Å². The van der Waals surface area contributed by atoms with E-state index in [1.807, 2.05) is 149 Å². The number of nitrogens with one attached hydrogen (secondary N) is 4. The van der Waals surface area contributed by atoms with E-state index in [1.165, 1.54) is 55.3 Å². The summed E-state index contributed by atoms with van der Waals surface area (Å²) in [5.41, 5.74) is 14.6. The molecule has 10 heterocycles. The number of carbonyl (C=O) groups excluding carboxylic acids is 7. The van der Waals surface area contributed by atoms with E-state index in [1.54, 1.807) is 43.3 Å². The minimum atomic E-state index is -4.08. The van der Waals surface area contributed by atoms with Gasteiger partial charge in [-0.25, -0.2) is 19.2 Å². The fraction of sp³-hybridized carbons (Fsp3) is 0.302. The molecule has 0 spiro atoms. The number of alkyl carbamates (subject to hydrolysis) is 1. The number of aromatic nitrogens is 5. The molecule has 0 aliphatic carbocycles. The van der Waals surface area contributed by atoms with Crippen LogP contribution in [0.25, 0.3) is 94.9 Å². The van der Waals surface area contributed by atoms with Crippen LogP contribution < -0.4 is 35.4 Å². The number of esters is 3. The first-order valence-electron chi connectivity index (χ1n) is 38.4. The lowest BCUT2D eigenvalue weighted by Gasteiger charge is -2.20. The summed E-state index contributed by atoms with van der Waals surface area (Å²) in [6.45, 7) is 23.8. The lowest BCUT2D eigenvalue weighted by molar-refractivity contribution is -0.137. The molecule has 1 aliphatic heterocycles. The van der Waals surface area contributed by atoms with Gasteiger partial charge in [0, 0.05) is 127 Å². The summed E-state index contributed by atoms with van der Waals surface area (Å²) < 4.78 is 106. The number of thiol groups is 1. The van der Waals surface area contributed by atoms with Crippen LogP contribution in [0.3, 0.4) is 0 Å². The second-order valence-electron chi connectivity index (χ2n) is 29.6. The zero-order valence-electron chi connectivity index (χ0n) is 71.7. The summed E-state index contributed by atoms with van der Waals surface area (Å²) in [5.74, 6) is -2.85. The van der Waals surface area contributed by atoms with Gasteiger partial charge in [-0.15, -0.1) is 45.3 Å². The fourth-order valence-electron chi connectivity index (χ4n) is 12.2. The normalized spacial score (nSPS) is 13.0. The molecule has 0 saturated heterocycles. The number of carbonyl (C=O) groups is 7. The van der Waals surface area contributed by atoms with Gasteiger partial charge in [-0.3, -0.25) is 39.3 Å². The summed E-state index contributed by atoms with van der Waals surface area (Å²) in [7, 11) is -7.90. The van der Waals surface area contributed by atoms with Gasteiger partial charge in [-0.2, -0.15) is 37.9 Å². The molecule has 40 heteroatoms. The molecule has 7 N–H and O–H groups in total. The zero-order chi connectivity index (χ0) is 92.9. The van der Waals surface area contributed by atoms with Crippen molar-refractivity contribution in [3.8, 4) is 17.2 Å². The number of methoxy groups -OCH3 is 3. The van der Waals surface area contributed by atoms with E-state index in [0.29, 0.717) is 54.3 Å². The first-order chi connectivity index (χ1) is 59.1. The number of hydrogen-bond donors (Lipinski definition) is 7. The maximum Gasteiger partial charge on any atom is 0.407 e. The van der Waals surface area contributed by atoms with Crippen LogP contribution in [0.4, 0.5) is 10.5 Å². The number of aromatic hydroxyl groups is 1. The third kappa shape index (κ3) is 25.5. The Hall–Kier alpha value is -11.3. The lowest BCUT2D eigenvalue weighted by Crippen LogP contribution is -2.38. The van der Waals surface area contributed by atoms with Crippen LogP contribution in [0.5, 0.6) is 17.2 Å². The van der Waals surface area contributed by atoms with E-state index in [9.17, 15) is 63.9 Å². The molecule has 126 heavy (non-hydrogen) atoms. The molecule has 3 atom stereocenters. The standard InChI is InChI=1S/C18H20N2O4S2.C16H15N3OS.C15H13NO7S3.C14H11NO3S.C12H10ClNO2.C8H18N2O2.C3H6O2S/c1-5-10(2)20-18(21)17-16(24-26(4,22)23)15-12-7-6-11(3)19-13(12)8-9-14(15)25-17;1-8-3-4-10-11(18-8)5-6-12-13(10)14-15(21-12)16(20)19-9(2)7-17-14;1-8-4-5-9-10(16-8)6-7-11-12(9)13(22-25(2,18)19)14(24-11)15(17)23-26(3,20)21;1-7-3-4-8-9(15-7)5-6-10-11(8)12(16)13(19-10)14(17)18-2;1-7-3-4-8-10(14-7)6-5-9(13)11(8)12(15)16-2;1-6(9)5-10-7(11)12-8(2,3)4;1-5-3(4)2-6/h6-10H,5H2,1-4H3,(H,20,21);3-6,9,17H,7H2,1-2H3,(H,19,20);4-7H,1-3H3;3-6,16H,1-2H3;3-6H,1-2H3;6H,5,9H2,1-4H3,(H,10,11);6H,2H2,1H3/t10-;9-;;;;6-;/m00...0./s1. The van der Waals surface area contributed by atoms with E-state index in [0.717, 1.165) is 140 Å². The topological polar surface area (TPSA) is 445 Å². The Bertz CT molecular complexity index is 6910. The largest absolute Gasteiger partial charge is 0.505 e. The summed E-state index contributed by atoms with van der Waals surface area (Å²) in [6.07, 6.45) is 2.87. The van der Waals surface area contributed by atoms with Crippen molar-refractivity contribution >= 4 is 242 Å². The molecule has 0 bridgehead atoms. The van der Waals surface area contributed by atoms with Crippen LogP contribution in [0.1, 0.15) is 132 Å². The molecule has 5 aromatic carbocycles. The minimum Gasteiger partial charge on any atom is -0.505 e. The molecule has 0 unspecified atom stereocenters. The van der Waals surface area contributed by atoms with Gasteiger partial charge in [0.15, 0.2) is 21.3 Å². The molecule has 3 amide bonds. The predicted octanol–water partition coefficient (Wildman–Crippen LogP) is 16.3. The molecule has 0 radical (unpaired) electrons. The fourth-order valence-corrected chi connectivity index (χ4v) is 18.2. The third-order valence-electron chi connectivity index (χ3n) is 17.8. The Morgan fingerprint density at radius 1 is 0.563 bits per heavy atom. The van der Waals surface area contributed by atoms with Gasteiger partial charge in [-0.1, -0.05) is 48.9 Å². The lowest BCUT2D eigenvalue weighted by atomic mass is 10.1. The predicted molar refractivity (Wildman–Crippen MR) is 501 cm³/mol. The van der Waals surface area contributed by atoms with Crippen molar-refractivity contribution in [1.29, 1.82) is 0 Å². The molecule has 14 aromatic rings. The first kappa shape index (κ1) is 98.5. The zero-order valence-corrected chi connectivity index (χ0v) is 79.1. The van der Waals surface area contributed by atoms with Gasteiger partial charge in [0.1, 0.15) is 21.1 Å². The van der Waals surface area contributed by atoms with Crippen molar-refractivity contribution in [2.45, 2.75) is 113 Å². The van der Waals surface area contributed by atoms with Crippen molar-refractivity contribution < 1.29 is 95.4 Å². The third-order valence-corrected chi connectivity index (χ3v) is 24.3. The Kier molecular flexibility index (Phi) is 32.8. The summed E-state index contributed by atoms with van der Waals surface area (Å²) in [4.78, 5) is 104. The number of aryl methyl sites for hydroxylation is 5. The maximum absolute atomic E-state index is 12.7. The van der Waals surface area contributed by atoms with Crippen LogP contribution in [0.15, 0.2) is 121 Å². The number of rotatable bonds is 14. The smallest absolute Gasteiger partial charge is 0.407 e. The molecular weight excluding hydrogens is 1800 g/mol. The van der Waals surface area contributed by atoms with Crippen molar-refractivity contribution in [3.63, 3.8) is 0 Å². The Balaban J connectivity index is 0.000000171. The van der Waals surface area contributed by atoms with E-state index >= 15 is 0 Å². The Labute approximate surface area is 753 Å². The van der Waals surface area contributed by atoms with Gasteiger partial charge in [0.2, 0.25) is 0 Å². The molecule has 9 aromatic heterocycles. The first-order valence-corrected chi connectivity index (χ1v) is 48.1. The number of amides is 3. The van der Waals surface area contributed by atoms with E-state index < -0.39 is 60.0 Å². The van der Waals surface area contributed by atoms with Crippen LogP contribution >= 0.6 is 69.6 Å². The molecular formula is C86H93ClN10O21S8. The van der Waals surface area contributed by atoms with Crippen molar-refractivity contribution in [2.75, 3.05) is 64.3 Å². The van der Waals surface area contributed by atoms with Crippen LogP contribution in [0, 0.1) is 34.6 Å². The Morgan fingerprint density at radius 2 is 0.968 bits per heavy atom. The number of hydrogen-bond acceptors (Lipinski definition) is 33. The number of nitrogens with two attached hydrogens (primary N) is 1. The van der Waals surface area contributed by atoms with Crippen LogP contribution in [-0.4, -0.2) is 180 Å². The number of thiophene rings is 4. The van der Waals surface area contributed by atoms with Gasteiger partial charge in [-0.05, 0) is 174 Å². The highest BCUT2D eigenvalue weighted by molar-refractivity contribution is 7.87. The van der Waals surface area contributed by atoms with E-state index in [2.05, 4.69) is 84.6 Å². The highest BCUT2D eigenvalue weighted by Crippen LogP contribution is 2.46. The number of fused-ring (bicyclic) bond motifs is 15. The molecule has 668 valence electrons. The molecule has 1 aliphatic rings. The molecule has 15 rings (SSSR count).